The fraction of sp³-hybridized carbons (Fsp3) is 0.300. The molecule has 3 heterocycles. The van der Waals surface area contributed by atoms with Crippen LogP contribution in [0, 0.1) is 0 Å². The van der Waals surface area contributed by atoms with Crippen molar-refractivity contribution in [3.8, 4) is 11.5 Å². The maximum Gasteiger partial charge on any atom is 0.257 e. The van der Waals surface area contributed by atoms with Crippen molar-refractivity contribution in [2.75, 3.05) is 19.9 Å². The second-order valence-electron chi connectivity index (χ2n) is 6.63. The smallest absolute Gasteiger partial charge is 0.257 e. The number of piperidine rings is 1. The molecule has 3 aromatic rings. The van der Waals surface area contributed by atoms with Gasteiger partial charge in [-0.15, -0.1) is 11.3 Å². The molecule has 0 saturated carbocycles. The van der Waals surface area contributed by atoms with Crippen LogP contribution in [0.15, 0.2) is 42.5 Å². The van der Waals surface area contributed by atoms with Gasteiger partial charge in [0, 0.05) is 19.0 Å². The summed E-state index contributed by atoms with van der Waals surface area (Å²) in [5, 5.41) is 1.19. The number of thiazole rings is 1. The van der Waals surface area contributed by atoms with Gasteiger partial charge in [0.1, 0.15) is 0 Å². The Kier molecular flexibility index (Phi) is 3.78. The van der Waals surface area contributed by atoms with Gasteiger partial charge in [-0.3, -0.25) is 4.79 Å². The van der Waals surface area contributed by atoms with E-state index in [9.17, 15) is 4.79 Å². The number of aromatic nitrogens is 1. The summed E-state index contributed by atoms with van der Waals surface area (Å²) < 4.78 is 12.1. The molecule has 2 aromatic carbocycles. The fourth-order valence-electron chi connectivity index (χ4n) is 3.66. The summed E-state index contributed by atoms with van der Waals surface area (Å²) in [6.45, 7) is 1.66. The van der Waals surface area contributed by atoms with Crippen LogP contribution in [-0.2, 0) is 0 Å². The number of rotatable bonds is 2. The number of nitrogens with zero attached hydrogens (tertiary/aromatic N) is 2. The number of fused-ring (bicyclic) bond motifs is 2. The lowest BCUT2D eigenvalue weighted by molar-refractivity contribution is 0.0708. The molecule has 1 saturated heterocycles. The Balaban J connectivity index is 1.31. The molecular formula is C20H18N2O3S. The van der Waals surface area contributed by atoms with Gasteiger partial charge in [-0.05, 0) is 37.1 Å². The van der Waals surface area contributed by atoms with Gasteiger partial charge in [0.2, 0.25) is 6.79 Å². The van der Waals surface area contributed by atoms with E-state index < -0.39 is 0 Å². The van der Waals surface area contributed by atoms with Crippen molar-refractivity contribution in [1.82, 2.24) is 9.88 Å². The molecule has 0 radical (unpaired) electrons. The predicted molar refractivity (Wildman–Crippen MR) is 100 cm³/mol. The average molecular weight is 366 g/mol. The number of carbonyl (C=O) groups excluding carboxylic acids is 1. The van der Waals surface area contributed by atoms with Gasteiger partial charge in [0.25, 0.3) is 5.91 Å². The molecule has 1 aromatic heterocycles. The van der Waals surface area contributed by atoms with Gasteiger partial charge in [-0.2, -0.15) is 0 Å². The molecular weight excluding hydrogens is 348 g/mol. The van der Waals surface area contributed by atoms with Crippen molar-refractivity contribution in [3.63, 3.8) is 0 Å². The Morgan fingerprint density at radius 1 is 1.08 bits per heavy atom. The van der Waals surface area contributed by atoms with E-state index >= 15 is 0 Å². The van der Waals surface area contributed by atoms with Crippen LogP contribution in [0.1, 0.15) is 34.1 Å². The SMILES string of the molecule is O=C(c1cccc2c1OCO2)N1CCC(c2nc3ccccc3s2)CC1. The van der Waals surface area contributed by atoms with Crippen LogP contribution in [0.4, 0.5) is 0 Å². The zero-order valence-corrected chi connectivity index (χ0v) is 15.0. The number of benzene rings is 2. The number of para-hydroxylation sites is 2. The molecule has 2 aliphatic heterocycles. The van der Waals surface area contributed by atoms with Crippen molar-refractivity contribution in [3.05, 3.63) is 53.0 Å². The van der Waals surface area contributed by atoms with E-state index in [4.69, 9.17) is 14.5 Å². The molecule has 0 spiro atoms. The van der Waals surface area contributed by atoms with E-state index in [2.05, 4.69) is 18.2 Å². The number of likely N-dealkylation sites (tertiary alicyclic amines) is 1. The van der Waals surface area contributed by atoms with Gasteiger partial charge in [0.05, 0.1) is 20.8 Å². The van der Waals surface area contributed by atoms with Crippen LogP contribution in [0.25, 0.3) is 10.2 Å². The fourth-order valence-corrected chi connectivity index (χ4v) is 4.80. The van der Waals surface area contributed by atoms with Crippen molar-refractivity contribution in [2.45, 2.75) is 18.8 Å². The molecule has 0 unspecified atom stereocenters. The van der Waals surface area contributed by atoms with Crippen LogP contribution in [0.2, 0.25) is 0 Å². The van der Waals surface area contributed by atoms with Crippen LogP contribution in [0.3, 0.4) is 0 Å². The summed E-state index contributed by atoms with van der Waals surface area (Å²) in [4.78, 5) is 19.6. The lowest BCUT2D eigenvalue weighted by atomic mass is 9.97. The second kappa shape index (κ2) is 6.29. The first-order chi connectivity index (χ1) is 12.8. The van der Waals surface area contributed by atoms with Crippen molar-refractivity contribution in [2.24, 2.45) is 0 Å². The molecule has 0 bridgehead atoms. The molecule has 132 valence electrons. The second-order valence-corrected chi connectivity index (χ2v) is 7.69. The van der Waals surface area contributed by atoms with Crippen molar-refractivity contribution < 1.29 is 14.3 Å². The van der Waals surface area contributed by atoms with Crippen LogP contribution < -0.4 is 9.47 Å². The number of ether oxygens (including phenoxy) is 2. The third kappa shape index (κ3) is 2.61. The minimum absolute atomic E-state index is 0.0232. The normalized spacial score (nSPS) is 17.0. The Bertz CT molecular complexity index is 943. The third-order valence-electron chi connectivity index (χ3n) is 5.07. The molecule has 5 rings (SSSR count). The number of amides is 1. The van der Waals surface area contributed by atoms with E-state index in [1.807, 2.05) is 29.2 Å². The maximum absolute atomic E-state index is 12.9. The summed E-state index contributed by atoms with van der Waals surface area (Å²) in [6, 6.07) is 13.7. The summed E-state index contributed by atoms with van der Waals surface area (Å²) in [6.07, 6.45) is 1.88. The van der Waals surface area contributed by atoms with E-state index in [0.29, 0.717) is 23.0 Å². The van der Waals surface area contributed by atoms with Gasteiger partial charge in [-0.1, -0.05) is 18.2 Å². The van der Waals surface area contributed by atoms with E-state index in [1.54, 1.807) is 11.3 Å². The summed E-state index contributed by atoms with van der Waals surface area (Å²) in [5.74, 6) is 1.68. The molecule has 5 nitrogen and oxygen atoms in total. The zero-order valence-electron chi connectivity index (χ0n) is 14.2. The van der Waals surface area contributed by atoms with E-state index in [1.165, 1.54) is 9.71 Å². The summed E-state index contributed by atoms with van der Waals surface area (Å²) in [7, 11) is 0. The van der Waals surface area contributed by atoms with E-state index in [-0.39, 0.29) is 12.7 Å². The lowest BCUT2D eigenvalue weighted by Crippen LogP contribution is -2.38. The minimum Gasteiger partial charge on any atom is -0.454 e. The standard InChI is InChI=1S/C20H18N2O3S/c23-20(14-4-3-6-16-18(14)25-12-24-16)22-10-8-13(9-11-22)19-21-15-5-1-2-7-17(15)26-19/h1-7,13H,8-12H2. The molecule has 1 amide bonds. The molecule has 6 heteroatoms. The highest BCUT2D eigenvalue weighted by Crippen LogP contribution is 2.38. The van der Waals surface area contributed by atoms with Crippen LogP contribution >= 0.6 is 11.3 Å². The largest absolute Gasteiger partial charge is 0.454 e. The Morgan fingerprint density at radius 3 is 2.77 bits per heavy atom. The first kappa shape index (κ1) is 15.6. The Labute approximate surface area is 155 Å². The van der Waals surface area contributed by atoms with E-state index in [0.717, 1.165) is 31.4 Å². The molecule has 2 aliphatic rings. The Morgan fingerprint density at radius 2 is 1.92 bits per heavy atom. The third-order valence-corrected chi connectivity index (χ3v) is 6.27. The molecule has 0 N–H and O–H groups in total. The molecule has 1 fully saturated rings. The van der Waals surface area contributed by atoms with Gasteiger partial charge >= 0.3 is 0 Å². The quantitative estimate of drug-likeness (QED) is 0.687. The molecule has 26 heavy (non-hydrogen) atoms. The number of hydrogen-bond donors (Lipinski definition) is 0. The lowest BCUT2D eigenvalue weighted by Gasteiger charge is -2.31. The van der Waals surface area contributed by atoms with Gasteiger partial charge < -0.3 is 14.4 Å². The van der Waals surface area contributed by atoms with Crippen molar-refractivity contribution >= 4 is 27.5 Å². The highest BCUT2D eigenvalue weighted by molar-refractivity contribution is 7.18. The highest BCUT2D eigenvalue weighted by Gasteiger charge is 2.29. The highest BCUT2D eigenvalue weighted by atomic mass is 32.1. The first-order valence-corrected chi connectivity index (χ1v) is 9.64. The number of carbonyl (C=O) groups is 1. The zero-order chi connectivity index (χ0) is 17.5. The summed E-state index contributed by atoms with van der Waals surface area (Å²) >= 11 is 1.78. The average Bonchev–Trinajstić information content (AvgIpc) is 3.34. The minimum atomic E-state index is 0.0232. The van der Waals surface area contributed by atoms with Crippen LogP contribution in [0.5, 0.6) is 11.5 Å². The Hall–Kier alpha value is -2.60. The van der Waals surface area contributed by atoms with Gasteiger partial charge in [0.15, 0.2) is 11.5 Å². The molecule has 0 aliphatic carbocycles. The number of hydrogen-bond acceptors (Lipinski definition) is 5. The predicted octanol–water partition coefficient (Wildman–Crippen LogP) is 4.04. The molecule has 0 atom stereocenters. The first-order valence-electron chi connectivity index (χ1n) is 8.83. The monoisotopic (exact) mass is 366 g/mol. The summed E-state index contributed by atoms with van der Waals surface area (Å²) in [5.41, 5.74) is 1.67. The maximum atomic E-state index is 12.9. The van der Waals surface area contributed by atoms with Gasteiger partial charge in [-0.25, -0.2) is 4.98 Å². The topological polar surface area (TPSA) is 51.7 Å². The van der Waals surface area contributed by atoms with Crippen molar-refractivity contribution in [1.29, 1.82) is 0 Å². The van der Waals surface area contributed by atoms with Crippen LogP contribution in [-0.4, -0.2) is 35.7 Å².